The summed E-state index contributed by atoms with van der Waals surface area (Å²) in [5, 5.41) is 3.55. The standard InChI is InChI=1S/C15H23N3O/c1-19-14-5-8-18(9-6-14)15-10-12(4-7-16-15)11-17-13-2-3-13/h4,7,10,13-14,17H,2-3,5-6,8-9,11H2,1H3. The van der Waals surface area contributed by atoms with Gasteiger partial charge in [0.05, 0.1) is 6.10 Å². The molecule has 104 valence electrons. The number of rotatable bonds is 5. The molecule has 1 aromatic rings. The fraction of sp³-hybridized carbons (Fsp3) is 0.667. The highest BCUT2D eigenvalue weighted by Crippen LogP contribution is 2.22. The van der Waals surface area contributed by atoms with E-state index in [1.54, 1.807) is 0 Å². The molecule has 1 N–H and O–H groups in total. The summed E-state index contributed by atoms with van der Waals surface area (Å²) in [5.74, 6) is 1.12. The van der Waals surface area contributed by atoms with Gasteiger partial charge >= 0.3 is 0 Å². The second-order valence-corrected chi connectivity index (χ2v) is 5.60. The van der Waals surface area contributed by atoms with Crippen LogP contribution in [-0.4, -0.2) is 37.3 Å². The van der Waals surface area contributed by atoms with Crippen LogP contribution in [0.25, 0.3) is 0 Å². The van der Waals surface area contributed by atoms with E-state index < -0.39 is 0 Å². The fourth-order valence-electron chi connectivity index (χ4n) is 2.61. The van der Waals surface area contributed by atoms with E-state index in [0.29, 0.717) is 6.10 Å². The molecular weight excluding hydrogens is 238 g/mol. The van der Waals surface area contributed by atoms with Crippen molar-refractivity contribution < 1.29 is 4.74 Å². The van der Waals surface area contributed by atoms with Crippen LogP contribution in [0, 0.1) is 0 Å². The predicted octanol–water partition coefficient (Wildman–Crippen LogP) is 1.95. The van der Waals surface area contributed by atoms with E-state index in [4.69, 9.17) is 4.74 Å². The van der Waals surface area contributed by atoms with Crippen molar-refractivity contribution in [2.45, 2.75) is 44.4 Å². The van der Waals surface area contributed by atoms with Gasteiger partial charge in [-0.25, -0.2) is 4.98 Å². The van der Waals surface area contributed by atoms with Crippen LogP contribution >= 0.6 is 0 Å². The highest BCUT2D eigenvalue weighted by atomic mass is 16.5. The Morgan fingerprint density at radius 3 is 2.79 bits per heavy atom. The molecule has 0 unspecified atom stereocenters. The molecule has 1 aromatic heterocycles. The zero-order valence-electron chi connectivity index (χ0n) is 11.6. The van der Waals surface area contributed by atoms with Crippen molar-refractivity contribution in [1.82, 2.24) is 10.3 Å². The van der Waals surface area contributed by atoms with Crippen molar-refractivity contribution >= 4 is 5.82 Å². The van der Waals surface area contributed by atoms with Crippen molar-refractivity contribution in [2.24, 2.45) is 0 Å². The minimum absolute atomic E-state index is 0.427. The second-order valence-electron chi connectivity index (χ2n) is 5.60. The molecule has 1 saturated carbocycles. The summed E-state index contributed by atoms with van der Waals surface area (Å²) in [6.07, 6.45) is 7.23. The summed E-state index contributed by atoms with van der Waals surface area (Å²) >= 11 is 0. The molecule has 0 atom stereocenters. The summed E-state index contributed by atoms with van der Waals surface area (Å²) < 4.78 is 5.41. The Morgan fingerprint density at radius 2 is 2.11 bits per heavy atom. The van der Waals surface area contributed by atoms with Crippen molar-refractivity contribution in [1.29, 1.82) is 0 Å². The zero-order valence-corrected chi connectivity index (χ0v) is 11.6. The first-order chi connectivity index (χ1) is 9.35. The van der Waals surface area contributed by atoms with Crippen LogP contribution in [0.2, 0.25) is 0 Å². The highest BCUT2D eigenvalue weighted by molar-refractivity contribution is 5.41. The normalized spacial score (nSPS) is 20.8. The van der Waals surface area contributed by atoms with Crippen LogP contribution < -0.4 is 10.2 Å². The third-order valence-corrected chi connectivity index (χ3v) is 4.08. The number of hydrogen-bond donors (Lipinski definition) is 1. The summed E-state index contributed by atoms with van der Waals surface area (Å²) in [5.41, 5.74) is 1.34. The first-order valence-corrected chi connectivity index (χ1v) is 7.31. The molecule has 19 heavy (non-hydrogen) atoms. The monoisotopic (exact) mass is 261 g/mol. The van der Waals surface area contributed by atoms with Gasteiger partial charge in [-0.2, -0.15) is 0 Å². The van der Waals surface area contributed by atoms with Gasteiger partial charge in [0, 0.05) is 39.0 Å². The smallest absolute Gasteiger partial charge is 0.128 e. The number of aromatic nitrogens is 1. The molecule has 0 aromatic carbocycles. The van der Waals surface area contributed by atoms with Gasteiger partial charge in [0.2, 0.25) is 0 Å². The SMILES string of the molecule is COC1CCN(c2cc(CNC3CC3)ccn2)CC1. The predicted molar refractivity (Wildman–Crippen MR) is 76.3 cm³/mol. The lowest BCUT2D eigenvalue weighted by atomic mass is 10.1. The van der Waals surface area contributed by atoms with E-state index in [9.17, 15) is 0 Å². The van der Waals surface area contributed by atoms with E-state index >= 15 is 0 Å². The molecule has 4 heteroatoms. The average molecular weight is 261 g/mol. The average Bonchev–Trinajstić information content (AvgIpc) is 3.30. The Kier molecular flexibility index (Phi) is 3.99. The zero-order chi connectivity index (χ0) is 13.1. The summed E-state index contributed by atoms with van der Waals surface area (Å²) in [6.45, 7) is 3.06. The third kappa shape index (κ3) is 3.45. The topological polar surface area (TPSA) is 37.4 Å². The molecule has 2 heterocycles. The van der Waals surface area contributed by atoms with Crippen LogP contribution in [0.5, 0.6) is 0 Å². The van der Waals surface area contributed by atoms with Gasteiger partial charge in [-0.05, 0) is 43.4 Å². The molecule has 3 rings (SSSR count). The molecule has 1 aliphatic heterocycles. The number of pyridine rings is 1. The van der Waals surface area contributed by atoms with Gasteiger partial charge < -0.3 is 15.0 Å². The fourth-order valence-corrected chi connectivity index (χ4v) is 2.61. The number of methoxy groups -OCH3 is 1. The molecule has 0 bridgehead atoms. The van der Waals surface area contributed by atoms with Crippen molar-refractivity contribution in [3.63, 3.8) is 0 Å². The Hall–Kier alpha value is -1.13. The largest absolute Gasteiger partial charge is 0.381 e. The summed E-state index contributed by atoms with van der Waals surface area (Å²) in [7, 11) is 1.81. The number of anilines is 1. The number of piperidine rings is 1. The van der Waals surface area contributed by atoms with E-state index in [0.717, 1.165) is 44.3 Å². The summed E-state index contributed by atoms with van der Waals surface area (Å²) in [6, 6.07) is 5.09. The van der Waals surface area contributed by atoms with E-state index in [-0.39, 0.29) is 0 Å². The van der Waals surface area contributed by atoms with Gasteiger partial charge in [-0.3, -0.25) is 0 Å². The molecule has 2 fully saturated rings. The van der Waals surface area contributed by atoms with Crippen molar-refractivity contribution in [2.75, 3.05) is 25.1 Å². The number of nitrogens with one attached hydrogen (secondary N) is 1. The van der Waals surface area contributed by atoms with Gasteiger partial charge in [0.25, 0.3) is 0 Å². The number of nitrogens with zero attached hydrogens (tertiary/aromatic N) is 2. The van der Waals surface area contributed by atoms with Crippen molar-refractivity contribution in [3.05, 3.63) is 23.9 Å². The molecule has 4 nitrogen and oxygen atoms in total. The van der Waals surface area contributed by atoms with Gasteiger partial charge in [-0.15, -0.1) is 0 Å². The van der Waals surface area contributed by atoms with Crippen LogP contribution in [-0.2, 0) is 11.3 Å². The molecule has 1 aliphatic carbocycles. The molecule has 0 spiro atoms. The number of ether oxygens (including phenoxy) is 1. The van der Waals surface area contributed by atoms with Gasteiger partial charge in [-0.1, -0.05) is 0 Å². The summed E-state index contributed by atoms with van der Waals surface area (Å²) in [4.78, 5) is 6.89. The molecule has 0 radical (unpaired) electrons. The Labute approximate surface area is 115 Å². The Balaban J connectivity index is 1.58. The maximum absolute atomic E-state index is 5.41. The quantitative estimate of drug-likeness (QED) is 0.879. The Morgan fingerprint density at radius 1 is 1.32 bits per heavy atom. The minimum atomic E-state index is 0.427. The minimum Gasteiger partial charge on any atom is -0.381 e. The second kappa shape index (κ2) is 5.88. The lowest BCUT2D eigenvalue weighted by Gasteiger charge is -2.32. The van der Waals surface area contributed by atoms with Gasteiger partial charge in [0.1, 0.15) is 5.82 Å². The van der Waals surface area contributed by atoms with E-state index in [1.165, 1.54) is 18.4 Å². The van der Waals surface area contributed by atoms with Gasteiger partial charge in [0.15, 0.2) is 0 Å². The van der Waals surface area contributed by atoms with Crippen molar-refractivity contribution in [3.8, 4) is 0 Å². The van der Waals surface area contributed by atoms with Crippen LogP contribution in [0.1, 0.15) is 31.2 Å². The Bertz CT molecular complexity index is 412. The lowest BCUT2D eigenvalue weighted by Crippen LogP contribution is -2.37. The van der Waals surface area contributed by atoms with Crippen LogP contribution in [0.15, 0.2) is 18.3 Å². The first-order valence-electron chi connectivity index (χ1n) is 7.31. The third-order valence-electron chi connectivity index (χ3n) is 4.08. The number of hydrogen-bond acceptors (Lipinski definition) is 4. The highest BCUT2D eigenvalue weighted by Gasteiger charge is 2.21. The van der Waals surface area contributed by atoms with E-state index in [1.807, 2.05) is 13.3 Å². The van der Waals surface area contributed by atoms with Crippen LogP contribution in [0.4, 0.5) is 5.82 Å². The van der Waals surface area contributed by atoms with Crippen LogP contribution in [0.3, 0.4) is 0 Å². The molecule has 1 saturated heterocycles. The molecule has 2 aliphatic rings. The first kappa shape index (κ1) is 12.9. The molecular formula is C15H23N3O. The lowest BCUT2D eigenvalue weighted by molar-refractivity contribution is 0.0818. The molecule has 0 amide bonds. The maximum atomic E-state index is 5.41. The van der Waals surface area contributed by atoms with E-state index in [2.05, 4.69) is 27.3 Å². The maximum Gasteiger partial charge on any atom is 0.128 e.